The number of amides is 2. The van der Waals surface area contributed by atoms with Crippen LogP contribution < -0.4 is 0 Å². The van der Waals surface area contributed by atoms with Crippen LogP contribution in [0.1, 0.15) is 39.3 Å². The van der Waals surface area contributed by atoms with Gasteiger partial charge in [0.2, 0.25) is 5.91 Å². The van der Waals surface area contributed by atoms with E-state index in [1.54, 1.807) is 27.2 Å². The Morgan fingerprint density at radius 1 is 0.750 bits per heavy atom. The van der Waals surface area contributed by atoms with Gasteiger partial charge in [0.05, 0.1) is 5.75 Å². The van der Waals surface area contributed by atoms with Crippen molar-refractivity contribution in [1.82, 2.24) is 9.80 Å². The molecule has 6 rings (SSSR count). The first kappa shape index (κ1) is 36.7. The number of rotatable bonds is 12. The number of hydrogen-bond donors (Lipinski definition) is 0. The molecule has 0 bridgehead atoms. The summed E-state index contributed by atoms with van der Waals surface area (Å²) in [5.41, 5.74) is 6.28. The molecule has 1 unspecified atom stereocenters. The number of hydrogen-bond acceptors (Lipinski definition) is 6. The second-order valence-corrected chi connectivity index (χ2v) is 14.5. The molecule has 1 aliphatic carbocycles. The molecule has 2 atom stereocenters. The number of ether oxygens (including phenoxy) is 2. The number of fused-ring (bicyclic) bond motifs is 3. The summed E-state index contributed by atoms with van der Waals surface area (Å²) in [7, 11) is 4.83. The van der Waals surface area contributed by atoms with Crippen LogP contribution in [0.25, 0.3) is 11.1 Å². The van der Waals surface area contributed by atoms with Crippen LogP contribution >= 0.6 is 23.4 Å². The Labute approximate surface area is 314 Å². The molecule has 1 aliphatic rings. The van der Waals surface area contributed by atoms with E-state index in [1.165, 1.54) is 21.6 Å². The monoisotopic (exact) mass is 732 g/mol. The molecular formula is C43H41ClN2O5S. The van der Waals surface area contributed by atoms with Gasteiger partial charge >= 0.3 is 12.1 Å². The van der Waals surface area contributed by atoms with Crippen LogP contribution in [-0.2, 0) is 24.7 Å². The molecule has 0 aromatic heterocycles. The van der Waals surface area contributed by atoms with Gasteiger partial charge in [0.25, 0.3) is 0 Å². The average molecular weight is 733 g/mol. The molecule has 0 saturated carbocycles. The van der Waals surface area contributed by atoms with Crippen molar-refractivity contribution in [3.05, 3.63) is 166 Å². The molecule has 5 aromatic rings. The maximum absolute atomic E-state index is 13.9. The highest BCUT2D eigenvalue weighted by Crippen LogP contribution is 2.45. The van der Waals surface area contributed by atoms with Gasteiger partial charge in [-0.05, 0) is 35.2 Å². The Bertz CT molecular complexity index is 2010. The third-order valence-corrected chi connectivity index (χ3v) is 10.8. The molecule has 0 fully saturated rings. The summed E-state index contributed by atoms with van der Waals surface area (Å²) in [6, 6.07) is 40.1. The standard InChI is InChI=1S/C43H41ClN2O5S/c1-29-22-24-31(25-23-29)43(30-14-6-5-7-15-30,37-20-12-13-21-38(37)44)51-40(47)28-52-27-39(41(48)45(2)3)46(4)42(49)50-26-36-34-18-10-8-16-32(34)33-17-9-11-19-35(33)36/h5-25,36,39H,26-28H2,1-4H3/t39-,43?/m0/s1. The fraction of sp³-hybridized carbons (Fsp3) is 0.233. The Kier molecular flexibility index (Phi) is 11.4. The predicted molar refractivity (Wildman–Crippen MR) is 208 cm³/mol. The van der Waals surface area contributed by atoms with Gasteiger partial charge in [-0.25, -0.2) is 4.79 Å². The zero-order valence-electron chi connectivity index (χ0n) is 29.6. The number of carbonyl (C=O) groups excluding carboxylic acids is 3. The number of benzene rings is 5. The van der Waals surface area contributed by atoms with Gasteiger partial charge in [-0.1, -0.05) is 138 Å². The lowest BCUT2D eigenvalue weighted by Gasteiger charge is -2.36. The van der Waals surface area contributed by atoms with E-state index in [4.69, 9.17) is 21.1 Å². The van der Waals surface area contributed by atoms with Crippen LogP contribution in [0.3, 0.4) is 0 Å². The third-order valence-electron chi connectivity index (χ3n) is 9.47. The molecule has 5 aromatic carbocycles. The summed E-state index contributed by atoms with van der Waals surface area (Å²) in [6.45, 7) is 2.12. The SMILES string of the molecule is Cc1ccc(C(OC(=O)CSC[C@@H](C(=O)N(C)C)N(C)C(=O)OCC2c3ccccc3-c3ccccc32)(c2ccccc2)c2ccccc2Cl)cc1. The van der Waals surface area contributed by atoms with Crippen molar-refractivity contribution in [2.24, 2.45) is 0 Å². The predicted octanol–water partition coefficient (Wildman–Crippen LogP) is 8.55. The zero-order valence-corrected chi connectivity index (χ0v) is 31.2. The first-order valence-electron chi connectivity index (χ1n) is 17.1. The number of thioether (sulfide) groups is 1. The van der Waals surface area contributed by atoms with Crippen LogP contribution in [0.15, 0.2) is 127 Å². The number of carbonyl (C=O) groups is 3. The summed E-state index contributed by atoms with van der Waals surface area (Å²) in [5.74, 6) is -0.851. The van der Waals surface area contributed by atoms with Crippen molar-refractivity contribution in [2.45, 2.75) is 24.5 Å². The maximum Gasteiger partial charge on any atom is 0.410 e. The molecule has 9 heteroatoms. The van der Waals surface area contributed by atoms with Gasteiger partial charge in [0, 0.05) is 54.5 Å². The van der Waals surface area contributed by atoms with Crippen LogP contribution in [0.2, 0.25) is 5.02 Å². The Balaban J connectivity index is 1.19. The fourth-order valence-corrected chi connectivity index (χ4v) is 7.98. The molecule has 7 nitrogen and oxygen atoms in total. The summed E-state index contributed by atoms with van der Waals surface area (Å²) >= 11 is 8.04. The van der Waals surface area contributed by atoms with Gasteiger partial charge in [-0.3, -0.25) is 14.5 Å². The minimum atomic E-state index is -1.35. The quantitative estimate of drug-likeness (QED) is 0.0946. The van der Waals surface area contributed by atoms with E-state index in [9.17, 15) is 14.4 Å². The largest absolute Gasteiger partial charge is 0.448 e. The van der Waals surface area contributed by atoms with Gasteiger partial charge in [-0.15, -0.1) is 11.8 Å². The molecule has 266 valence electrons. The van der Waals surface area contributed by atoms with Gasteiger partial charge in [0.1, 0.15) is 12.6 Å². The average Bonchev–Trinajstić information content (AvgIpc) is 3.48. The van der Waals surface area contributed by atoms with Crippen molar-refractivity contribution < 1.29 is 23.9 Å². The summed E-state index contributed by atoms with van der Waals surface area (Å²) in [4.78, 5) is 43.6. The number of halogens is 1. The van der Waals surface area contributed by atoms with Crippen LogP contribution in [0, 0.1) is 6.92 Å². The van der Waals surface area contributed by atoms with E-state index in [0.717, 1.165) is 38.9 Å². The van der Waals surface area contributed by atoms with Gasteiger partial charge in [-0.2, -0.15) is 0 Å². The van der Waals surface area contributed by atoms with E-state index in [1.807, 2.05) is 104 Å². The number of nitrogens with zero attached hydrogens (tertiary/aromatic N) is 2. The minimum absolute atomic E-state index is 0.0827. The third kappa shape index (κ3) is 7.45. The molecule has 0 radical (unpaired) electrons. The molecule has 0 saturated heterocycles. The summed E-state index contributed by atoms with van der Waals surface area (Å²) in [5, 5.41) is 0.453. The number of aryl methyl sites for hydroxylation is 1. The van der Waals surface area contributed by atoms with Crippen molar-refractivity contribution in [3.63, 3.8) is 0 Å². The van der Waals surface area contributed by atoms with Crippen molar-refractivity contribution >= 4 is 41.3 Å². The first-order chi connectivity index (χ1) is 25.1. The van der Waals surface area contributed by atoms with E-state index < -0.39 is 23.7 Å². The normalized spacial score (nSPS) is 13.6. The first-order valence-corrected chi connectivity index (χ1v) is 18.6. The molecule has 0 aliphatic heterocycles. The molecule has 2 amide bonds. The highest BCUT2D eigenvalue weighted by atomic mass is 35.5. The second-order valence-electron chi connectivity index (χ2n) is 13.0. The smallest absolute Gasteiger partial charge is 0.410 e. The molecule has 52 heavy (non-hydrogen) atoms. The fourth-order valence-electron chi connectivity index (χ4n) is 6.78. The Morgan fingerprint density at radius 3 is 1.92 bits per heavy atom. The minimum Gasteiger partial charge on any atom is -0.448 e. The second kappa shape index (κ2) is 16.1. The van der Waals surface area contributed by atoms with Crippen LogP contribution in [0.5, 0.6) is 0 Å². The van der Waals surface area contributed by atoms with Crippen molar-refractivity contribution in [1.29, 1.82) is 0 Å². The van der Waals surface area contributed by atoms with Crippen LogP contribution in [0.4, 0.5) is 4.79 Å². The zero-order chi connectivity index (χ0) is 36.8. The highest BCUT2D eigenvalue weighted by Gasteiger charge is 2.42. The molecular weight excluding hydrogens is 692 g/mol. The summed E-state index contributed by atoms with van der Waals surface area (Å²) in [6.07, 6.45) is -0.619. The summed E-state index contributed by atoms with van der Waals surface area (Å²) < 4.78 is 12.4. The Morgan fingerprint density at radius 2 is 1.31 bits per heavy atom. The molecule has 0 heterocycles. The van der Waals surface area contributed by atoms with E-state index in [-0.39, 0.29) is 29.9 Å². The lowest BCUT2D eigenvalue weighted by atomic mass is 9.79. The Hall–Kier alpha value is -5.05. The number of likely N-dealkylation sites (N-methyl/N-ethyl adjacent to an activating group) is 2. The maximum atomic E-state index is 13.9. The lowest BCUT2D eigenvalue weighted by molar-refractivity contribution is -0.150. The topological polar surface area (TPSA) is 76.2 Å². The molecule has 0 spiro atoms. The number of esters is 1. The van der Waals surface area contributed by atoms with Gasteiger partial charge < -0.3 is 14.4 Å². The molecule has 0 N–H and O–H groups in total. The van der Waals surface area contributed by atoms with Crippen molar-refractivity contribution in [3.8, 4) is 11.1 Å². The van der Waals surface area contributed by atoms with Crippen LogP contribution in [-0.4, -0.2) is 73.1 Å². The highest BCUT2D eigenvalue weighted by molar-refractivity contribution is 8.00. The van der Waals surface area contributed by atoms with E-state index in [2.05, 4.69) is 24.3 Å². The van der Waals surface area contributed by atoms with E-state index in [0.29, 0.717) is 10.6 Å². The van der Waals surface area contributed by atoms with Crippen molar-refractivity contribution in [2.75, 3.05) is 39.3 Å². The van der Waals surface area contributed by atoms with E-state index >= 15 is 0 Å². The lowest BCUT2D eigenvalue weighted by Crippen LogP contribution is -2.49. The van der Waals surface area contributed by atoms with Gasteiger partial charge in [0.15, 0.2) is 5.60 Å².